The number of fused-ring (bicyclic) bond motifs is 1. The maximum absolute atomic E-state index is 5.80. The van der Waals surface area contributed by atoms with Crippen molar-refractivity contribution in [2.45, 2.75) is 55.2 Å². The van der Waals surface area contributed by atoms with Crippen LogP contribution in [0, 0.1) is 0 Å². The fourth-order valence-electron chi connectivity index (χ4n) is 3.13. The lowest BCUT2D eigenvalue weighted by molar-refractivity contribution is 0.297. The number of benzene rings is 1. The summed E-state index contributed by atoms with van der Waals surface area (Å²) in [6.45, 7) is 4.77. The Kier molecular flexibility index (Phi) is 5.31. The molecule has 116 valence electrons. The van der Waals surface area contributed by atoms with Gasteiger partial charge in [-0.1, -0.05) is 19.8 Å². The minimum absolute atomic E-state index is 0.643. The second-order valence-corrected chi connectivity index (χ2v) is 7.08. The first-order valence-corrected chi connectivity index (χ1v) is 9.04. The van der Waals surface area contributed by atoms with E-state index in [1.54, 1.807) is 0 Å². The zero-order chi connectivity index (χ0) is 14.5. The zero-order valence-electron chi connectivity index (χ0n) is 12.8. The first-order chi connectivity index (χ1) is 10.4. The maximum Gasteiger partial charge on any atom is 0.162 e. The lowest BCUT2D eigenvalue weighted by Crippen LogP contribution is -2.40. The SMILES string of the molecule is CCNC1CCCCC1Sc1ccc2c(c1)OCCCO2. The molecule has 0 bridgehead atoms. The molecular weight excluding hydrogens is 282 g/mol. The first kappa shape index (κ1) is 15.0. The molecule has 0 aromatic heterocycles. The fourth-order valence-corrected chi connectivity index (χ4v) is 4.48. The van der Waals surface area contributed by atoms with Crippen molar-refractivity contribution in [3.05, 3.63) is 18.2 Å². The quantitative estimate of drug-likeness (QED) is 0.915. The normalized spacial score (nSPS) is 25.4. The highest BCUT2D eigenvalue weighted by Gasteiger charge is 2.25. The van der Waals surface area contributed by atoms with Crippen molar-refractivity contribution >= 4 is 11.8 Å². The molecule has 1 aliphatic heterocycles. The fraction of sp³-hybridized carbons (Fsp3) is 0.647. The molecule has 0 spiro atoms. The third-order valence-corrected chi connectivity index (χ3v) is 5.57. The van der Waals surface area contributed by atoms with Gasteiger partial charge in [-0.3, -0.25) is 0 Å². The topological polar surface area (TPSA) is 30.5 Å². The van der Waals surface area contributed by atoms with Gasteiger partial charge in [-0.2, -0.15) is 0 Å². The van der Waals surface area contributed by atoms with Crippen LogP contribution in [0.15, 0.2) is 23.1 Å². The molecule has 1 aliphatic carbocycles. The van der Waals surface area contributed by atoms with Crippen LogP contribution in [0.2, 0.25) is 0 Å². The van der Waals surface area contributed by atoms with Crippen molar-refractivity contribution in [2.75, 3.05) is 19.8 Å². The van der Waals surface area contributed by atoms with E-state index in [-0.39, 0.29) is 0 Å². The molecule has 0 saturated heterocycles. The molecule has 2 aliphatic rings. The summed E-state index contributed by atoms with van der Waals surface area (Å²) in [6, 6.07) is 7.04. The number of thioether (sulfide) groups is 1. The third-order valence-electron chi connectivity index (χ3n) is 4.18. The number of ether oxygens (including phenoxy) is 2. The van der Waals surface area contributed by atoms with E-state index in [2.05, 4.69) is 30.4 Å². The van der Waals surface area contributed by atoms with Crippen LogP contribution in [0.25, 0.3) is 0 Å². The minimum atomic E-state index is 0.643. The Bertz CT molecular complexity index is 464. The molecule has 1 aromatic carbocycles. The van der Waals surface area contributed by atoms with Gasteiger partial charge < -0.3 is 14.8 Å². The van der Waals surface area contributed by atoms with E-state index in [1.807, 2.05) is 11.8 Å². The summed E-state index contributed by atoms with van der Waals surface area (Å²) in [4.78, 5) is 1.30. The van der Waals surface area contributed by atoms with E-state index in [0.717, 1.165) is 37.7 Å². The minimum Gasteiger partial charge on any atom is -0.490 e. The Labute approximate surface area is 131 Å². The van der Waals surface area contributed by atoms with Crippen LogP contribution >= 0.6 is 11.8 Å². The van der Waals surface area contributed by atoms with Crippen LogP contribution in [0.1, 0.15) is 39.0 Å². The van der Waals surface area contributed by atoms with Gasteiger partial charge in [0.1, 0.15) is 0 Å². The average Bonchev–Trinajstić information content (AvgIpc) is 2.74. The van der Waals surface area contributed by atoms with Crippen LogP contribution in [0.3, 0.4) is 0 Å². The molecule has 1 heterocycles. The van der Waals surface area contributed by atoms with Crippen molar-refractivity contribution in [3.63, 3.8) is 0 Å². The van der Waals surface area contributed by atoms with Gasteiger partial charge in [0.2, 0.25) is 0 Å². The Morgan fingerprint density at radius 3 is 2.76 bits per heavy atom. The first-order valence-electron chi connectivity index (χ1n) is 8.16. The van der Waals surface area contributed by atoms with Crippen LogP contribution in [0.5, 0.6) is 11.5 Å². The van der Waals surface area contributed by atoms with Crippen molar-refractivity contribution < 1.29 is 9.47 Å². The Balaban J connectivity index is 1.70. The monoisotopic (exact) mass is 307 g/mol. The van der Waals surface area contributed by atoms with E-state index < -0.39 is 0 Å². The van der Waals surface area contributed by atoms with Crippen molar-refractivity contribution in [2.24, 2.45) is 0 Å². The summed E-state index contributed by atoms with van der Waals surface area (Å²) >= 11 is 1.99. The smallest absolute Gasteiger partial charge is 0.162 e. The highest BCUT2D eigenvalue weighted by atomic mass is 32.2. The molecule has 2 atom stereocenters. The molecule has 3 rings (SSSR count). The van der Waals surface area contributed by atoms with Gasteiger partial charge in [0.15, 0.2) is 11.5 Å². The highest BCUT2D eigenvalue weighted by Crippen LogP contribution is 2.38. The molecule has 0 radical (unpaired) electrons. The summed E-state index contributed by atoms with van der Waals surface area (Å²) < 4.78 is 11.5. The zero-order valence-corrected chi connectivity index (χ0v) is 13.6. The van der Waals surface area contributed by atoms with Crippen molar-refractivity contribution in [3.8, 4) is 11.5 Å². The molecule has 1 N–H and O–H groups in total. The summed E-state index contributed by atoms with van der Waals surface area (Å²) in [5, 5.41) is 4.32. The van der Waals surface area contributed by atoms with Crippen LogP contribution in [0.4, 0.5) is 0 Å². The largest absolute Gasteiger partial charge is 0.490 e. The number of rotatable bonds is 4. The molecule has 0 amide bonds. The lowest BCUT2D eigenvalue weighted by Gasteiger charge is -2.31. The standard InChI is InChI=1S/C17H25NO2S/c1-2-18-14-6-3-4-7-17(14)21-13-8-9-15-16(12-13)20-11-5-10-19-15/h8-9,12,14,17-18H,2-7,10-11H2,1H3. The van der Waals surface area contributed by atoms with E-state index in [0.29, 0.717) is 11.3 Å². The van der Waals surface area contributed by atoms with Gasteiger partial charge in [0, 0.05) is 22.6 Å². The van der Waals surface area contributed by atoms with Crippen molar-refractivity contribution in [1.29, 1.82) is 0 Å². The second kappa shape index (κ2) is 7.41. The van der Waals surface area contributed by atoms with Crippen molar-refractivity contribution in [1.82, 2.24) is 5.32 Å². The van der Waals surface area contributed by atoms with Crippen LogP contribution in [-0.4, -0.2) is 31.1 Å². The Morgan fingerprint density at radius 1 is 1.10 bits per heavy atom. The van der Waals surface area contributed by atoms with Gasteiger partial charge >= 0.3 is 0 Å². The number of nitrogens with one attached hydrogen (secondary N) is 1. The number of hydrogen-bond donors (Lipinski definition) is 1. The van der Waals surface area contributed by atoms with Gasteiger partial charge in [-0.25, -0.2) is 0 Å². The maximum atomic E-state index is 5.80. The lowest BCUT2D eigenvalue weighted by atomic mass is 9.95. The molecule has 1 fully saturated rings. The molecular formula is C17H25NO2S. The molecule has 4 heteroatoms. The predicted molar refractivity (Wildman–Crippen MR) is 87.6 cm³/mol. The number of hydrogen-bond acceptors (Lipinski definition) is 4. The molecule has 3 nitrogen and oxygen atoms in total. The van der Waals surface area contributed by atoms with Crippen LogP contribution < -0.4 is 14.8 Å². The van der Waals surface area contributed by atoms with Gasteiger partial charge in [-0.05, 0) is 37.6 Å². The summed E-state index contributed by atoms with van der Waals surface area (Å²) in [5.41, 5.74) is 0. The van der Waals surface area contributed by atoms with E-state index in [1.165, 1.54) is 30.6 Å². The van der Waals surface area contributed by atoms with E-state index in [4.69, 9.17) is 9.47 Å². The summed E-state index contributed by atoms with van der Waals surface area (Å²) in [7, 11) is 0. The average molecular weight is 307 g/mol. The molecule has 1 saturated carbocycles. The second-order valence-electron chi connectivity index (χ2n) is 5.76. The van der Waals surface area contributed by atoms with Gasteiger partial charge in [0.05, 0.1) is 13.2 Å². The van der Waals surface area contributed by atoms with Gasteiger partial charge in [-0.15, -0.1) is 11.8 Å². The van der Waals surface area contributed by atoms with Crippen LogP contribution in [-0.2, 0) is 0 Å². The van der Waals surface area contributed by atoms with Gasteiger partial charge in [0.25, 0.3) is 0 Å². The predicted octanol–water partition coefficient (Wildman–Crippen LogP) is 3.86. The van der Waals surface area contributed by atoms with E-state index in [9.17, 15) is 0 Å². The summed E-state index contributed by atoms with van der Waals surface area (Å²) in [5.74, 6) is 1.80. The molecule has 2 unspecified atom stereocenters. The third kappa shape index (κ3) is 3.86. The molecule has 21 heavy (non-hydrogen) atoms. The van der Waals surface area contributed by atoms with E-state index >= 15 is 0 Å². The Hall–Kier alpha value is -0.870. The molecule has 1 aromatic rings. The Morgan fingerprint density at radius 2 is 1.90 bits per heavy atom. The summed E-state index contributed by atoms with van der Waals surface area (Å²) in [6.07, 6.45) is 6.27. The highest BCUT2D eigenvalue weighted by molar-refractivity contribution is 8.00.